The van der Waals surface area contributed by atoms with Crippen molar-refractivity contribution in [1.29, 1.82) is 0 Å². The van der Waals surface area contributed by atoms with Crippen LogP contribution in [0.2, 0.25) is 0 Å². The lowest BCUT2D eigenvalue weighted by Gasteiger charge is -2.30. The number of likely N-dealkylation sites (N-methyl/N-ethyl adjacent to an activating group) is 1. The van der Waals surface area contributed by atoms with Gasteiger partial charge in [0.05, 0.1) is 53.4 Å². The summed E-state index contributed by atoms with van der Waals surface area (Å²) in [6, 6.07) is 11.5. The minimum Gasteiger partial charge on any atom is -0.491 e. The van der Waals surface area contributed by atoms with Gasteiger partial charge in [-0.1, -0.05) is 6.07 Å². The highest BCUT2D eigenvalue weighted by Gasteiger charge is 2.43. The number of rotatable bonds is 2. The van der Waals surface area contributed by atoms with E-state index < -0.39 is 23.8 Å². The molecule has 3 aliphatic rings. The molecule has 14 heteroatoms. The maximum Gasteiger partial charge on any atom is 0.258 e. The second-order valence-electron chi connectivity index (χ2n) is 13.5. The van der Waals surface area contributed by atoms with Crippen LogP contribution in [0.3, 0.4) is 0 Å². The molecule has 0 unspecified atom stereocenters. The molecule has 8 rings (SSSR count). The summed E-state index contributed by atoms with van der Waals surface area (Å²) in [4.78, 5) is 41.7. The van der Waals surface area contributed by atoms with Gasteiger partial charge < -0.3 is 29.2 Å². The lowest BCUT2D eigenvalue weighted by Crippen LogP contribution is -2.49. The van der Waals surface area contributed by atoms with Gasteiger partial charge in [-0.3, -0.25) is 9.59 Å². The normalized spacial score (nSPS) is 20.6. The second-order valence-corrected chi connectivity index (χ2v) is 13.5. The zero-order valence-electron chi connectivity index (χ0n) is 28.6. The van der Waals surface area contributed by atoms with Gasteiger partial charge in [0.15, 0.2) is 0 Å². The summed E-state index contributed by atoms with van der Waals surface area (Å²) in [5, 5.41) is 8.04. The van der Waals surface area contributed by atoms with E-state index in [1.807, 2.05) is 29.7 Å². The predicted molar refractivity (Wildman–Crippen MR) is 185 cm³/mol. The Kier molecular flexibility index (Phi) is 8.41. The van der Waals surface area contributed by atoms with E-state index in [2.05, 4.69) is 15.4 Å². The van der Waals surface area contributed by atoms with Crippen molar-refractivity contribution in [1.82, 2.24) is 34.1 Å². The van der Waals surface area contributed by atoms with E-state index in [0.29, 0.717) is 83.5 Å². The van der Waals surface area contributed by atoms with Gasteiger partial charge in [-0.25, -0.2) is 23.4 Å². The molecule has 6 heterocycles. The summed E-state index contributed by atoms with van der Waals surface area (Å²) in [5.41, 5.74) is 4.00. The maximum absolute atomic E-state index is 15.0. The van der Waals surface area contributed by atoms with Gasteiger partial charge in [0.25, 0.3) is 5.91 Å². The molecule has 1 fully saturated rings. The number of fused-ring (bicyclic) bond motifs is 8. The number of anilines is 1. The van der Waals surface area contributed by atoms with Crippen LogP contribution in [0.25, 0.3) is 28.0 Å². The molecule has 1 N–H and O–H groups in total. The standard InChI is InChI=1S/C37H38F2N8O4/c1-21-41-29-14-23(39)13-26-28-7-6-9-34(43-28)42-24-16-32(37(49)44(2)19-25(50-3)20-45(21)35(26)29)46(18-24)36(48)27-17-40-47-30(27)8-4-5-12-51-33-15-22(38)10-11-31(33)47/h6-7,9-11,13-15,17,24-25,32H,4-5,8,12,16,18-20H2,1-3H3,(H,42,43)/t24-,25-,32-/m0/s1. The largest absolute Gasteiger partial charge is 0.491 e. The highest BCUT2D eigenvalue weighted by Crippen LogP contribution is 2.34. The number of carbonyl (C=O) groups is 2. The molecule has 2 aromatic carbocycles. The van der Waals surface area contributed by atoms with Crippen LogP contribution in [0.4, 0.5) is 14.6 Å². The molecule has 5 aromatic rings. The molecule has 3 atom stereocenters. The van der Waals surface area contributed by atoms with Crippen LogP contribution >= 0.6 is 0 Å². The van der Waals surface area contributed by atoms with Gasteiger partial charge in [-0.15, -0.1) is 0 Å². The molecular weight excluding hydrogens is 658 g/mol. The van der Waals surface area contributed by atoms with E-state index in [-0.39, 0.29) is 30.9 Å². The fourth-order valence-electron chi connectivity index (χ4n) is 7.61. The van der Waals surface area contributed by atoms with Crippen LogP contribution in [0, 0.1) is 18.6 Å². The van der Waals surface area contributed by atoms with Gasteiger partial charge in [0, 0.05) is 51.0 Å². The molecule has 51 heavy (non-hydrogen) atoms. The Balaban J connectivity index is 1.18. The monoisotopic (exact) mass is 696 g/mol. The SMILES string of the molecule is CO[C@H]1CN(C)C(=O)[C@@H]2C[C@@H](CN2C(=O)c2cnn3c2CCCCOc2cc(F)ccc2-3)Nc2cccc(n2)-c2cc(F)cc3nc(C)n(c23)C1. The van der Waals surface area contributed by atoms with E-state index >= 15 is 0 Å². The molecule has 4 bridgehead atoms. The quantitative estimate of drug-likeness (QED) is 0.281. The molecule has 0 spiro atoms. The number of nitrogens with one attached hydrogen (secondary N) is 1. The Hall–Kier alpha value is -5.37. The summed E-state index contributed by atoms with van der Waals surface area (Å²) >= 11 is 0. The van der Waals surface area contributed by atoms with Crippen LogP contribution in [0.15, 0.2) is 54.7 Å². The van der Waals surface area contributed by atoms with Gasteiger partial charge in [-0.05, 0) is 62.9 Å². The Bertz CT molecular complexity index is 2170. The second kappa shape index (κ2) is 13.1. The molecule has 1 saturated heterocycles. The van der Waals surface area contributed by atoms with Crippen molar-refractivity contribution in [2.24, 2.45) is 0 Å². The molecule has 3 aromatic heterocycles. The third-order valence-electron chi connectivity index (χ3n) is 10.1. The first-order chi connectivity index (χ1) is 24.7. The number of halogens is 2. The number of imidazole rings is 1. The van der Waals surface area contributed by atoms with Crippen molar-refractivity contribution in [2.75, 3.05) is 39.2 Å². The zero-order chi connectivity index (χ0) is 35.4. The van der Waals surface area contributed by atoms with Crippen molar-refractivity contribution in [3.63, 3.8) is 0 Å². The van der Waals surface area contributed by atoms with Crippen molar-refractivity contribution in [3.05, 3.63) is 83.4 Å². The maximum atomic E-state index is 15.0. The van der Waals surface area contributed by atoms with E-state index in [4.69, 9.17) is 14.5 Å². The van der Waals surface area contributed by atoms with Gasteiger partial charge >= 0.3 is 0 Å². The number of nitrogens with zero attached hydrogens (tertiary/aromatic N) is 7. The highest BCUT2D eigenvalue weighted by atomic mass is 19.1. The number of hydrogen-bond acceptors (Lipinski definition) is 8. The fraction of sp³-hybridized carbons (Fsp3) is 0.378. The Labute approximate surface area is 293 Å². The Morgan fingerprint density at radius 1 is 1.04 bits per heavy atom. The van der Waals surface area contributed by atoms with Crippen LogP contribution in [-0.4, -0.2) is 98.0 Å². The Morgan fingerprint density at radius 3 is 2.75 bits per heavy atom. The van der Waals surface area contributed by atoms with Crippen molar-refractivity contribution >= 4 is 28.7 Å². The summed E-state index contributed by atoms with van der Waals surface area (Å²) < 4.78 is 44.6. The first-order valence-corrected chi connectivity index (χ1v) is 17.2. The van der Waals surface area contributed by atoms with Gasteiger partial charge in [-0.2, -0.15) is 5.10 Å². The molecule has 12 nitrogen and oxygen atoms in total. The topological polar surface area (TPSA) is 120 Å². The molecule has 264 valence electrons. The number of methoxy groups -OCH3 is 1. The number of aryl methyl sites for hydroxylation is 1. The number of likely N-dealkylation sites (tertiary alicyclic amines) is 1. The Morgan fingerprint density at radius 2 is 1.90 bits per heavy atom. The molecule has 3 aliphatic heterocycles. The van der Waals surface area contributed by atoms with Gasteiger partial charge in [0.2, 0.25) is 5.91 Å². The van der Waals surface area contributed by atoms with Crippen LogP contribution in [0.1, 0.15) is 41.1 Å². The minimum atomic E-state index is -0.782. The number of benzene rings is 2. The van der Waals surface area contributed by atoms with Crippen molar-refractivity contribution in [2.45, 2.75) is 57.3 Å². The number of amides is 2. The average Bonchev–Trinajstić information content (AvgIpc) is 3.82. The van der Waals surface area contributed by atoms with Crippen LogP contribution in [0.5, 0.6) is 5.75 Å². The summed E-state index contributed by atoms with van der Waals surface area (Å²) in [5.74, 6) is 0.179. The summed E-state index contributed by atoms with van der Waals surface area (Å²) in [6.07, 6.45) is 3.41. The average molecular weight is 697 g/mol. The predicted octanol–water partition coefficient (Wildman–Crippen LogP) is 4.77. The zero-order valence-corrected chi connectivity index (χ0v) is 28.6. The van der Waals surface area contributed by atoms with Crippen LogP contribution < -0.4 is 10.1 Å². The molecule has 2 amide bonds. The van der Waals surface area contributed by atoms with E-state index in [0.717, 1.165) is 11.9 Å². The first-order valence-electron chi connectivity index (χ1n) is 17.2. The van der Waals surface area contributed by atoms with E-state index in [1.165, 1.54) is 30.5 Å². The number of ether oxygens (including phenoxy) is 2. The minimum absolute atomic E-state index is 0.220. The molecule has 0 aliphatic carbocycles. The highest BCUT2D eigenvalue weighted by molar-refractivity contribution is 5.99. The summed E-state index contributed by atoms with van der Waals surface area (Å²) in [6.45, 7) is 3.09. The van der Waals surface area contributed by atoms with Crippen molar-refractivity contribution < 1.29 is 27.8 Å². The third-order valence-corrected chi connectivity index (χ3v) is 10.1. The lowest BCUT2D eigenvalue weighted by molar-refractivity contribution is -0.135. The smallest absolute Gasteiger partial charge is 0.258 e. The van der Waals surface area contributed by atoms with E-state index in [9.17, 15) is 18.4 Å². The number of hydrogen-bond donors (Lipinski definition) is 1. The fourth-order valence-corrected chi connectivity index (χ4v) is 7.61. The van der Waals surface area contributed by atoms with Crippen molar-refractivity contribution in [3.8, 4) is 22.7 Å². The molecule has 0 saturated carbocycles. The first kappa shape index (κ1) is 32.8. The molecule has 0 radical (unpaired) electrons. The lowest BCUT2D eigenvalue weighted by atomic mass is 10.1. The number of pyridine rings is 1. The number of carbonyl (C=O) groups excluding carboxylic acids is 2. The van der Waals surface area contributed by atoms with Crippen LogP contribution in [-0.2, 0) is 22.5 Å². The molecular formula is C37H38F2N8O4. The van der Waals surface area contributed by atoms with E-state index in [1.54, 1.807) is 34.7 Å². The summed E-state index contributed by atoms with van der Waals surface area (Å²) in [7, 11) is 3.31. The number of aromatic nitrogens is 5. The third kappa shape index (κ3) is 5.96. The van der Waals surface area contributed by atoms with Gasteiger partial charge in [0.1, 0.15) is 40.8 Å².